The van der Waals surface area contributed by atoms with Gasteiger partial charge in [0.25, 0.3) is 0 Å². The van der Waals surface area contributed by atoms with Gasteiger partial charge in [-0.3, -0.25) is 4.79 Å². The van der Waals surface area contributed by atoms with Gasteiger partial charge in [0.1, 0.15) is 0 Å². The first-order chi connectivity index (χ1) is 8.49. The molecule has 0 unspecified atom stereocenters. The van der Waals surface area contributed by atoms with Crippen molar-refractivity contribution < 1.29 is 19.8 Å². The van der Waals surface area contributed by atoms with Crippen molar-refractivity contribution in [3.8, 4) is 0 Å². The second-order valence-electron chi connectivity index (χ2n) is 4.19. The largest absolute Gasteiger partial charge is 0.481 e. The van der Waals surface area contributed by atoms with Gasteiger partial charge in [-0.2, -0.15) is 0 Å². The lowest BCUT2D eigenvalue weighted by atomic mass is 10.1. The van der Waals surface area contributed by atoms with Gasteiger partial charge in [0, 0.05) is 16.6 Å². The van der Waals surface area contributed by atoms with Crippen molar-refractivity contribution >= 4 is 22.8 Å². The minimum Gasteiger partial charge on any atom is -0.481 e. The van der Waals surface area contributed by atoms with Crippen LogP contribution in [0.5, 0.6) is 0 Å². The maximum atomic E-state index is 10.9. The predicted molar refractivity (Wildman–Crippen MR) is 66.0 cm³/mol. The molecule has 0 saturated heterocycles. The summed E-state index contributed by atoms with van der Waals surface area (Å²) in [4.78, 5) is 24.6. The van der Waals surface area contributed by atoms with E-state index in [0.29, 0.717) is 6.42 Å². The highest BCUT2D eigenvalue weighted by Gasteiger charge is 2.11. The number of hydrogen-bond donors (Lipinski definition) is 3. The molecular formula is C13H13NO4. The number of aromatic amines is 1. The van der Waals surface area contributed by atoms with E-state index < -0.39 is 11.9 Å². The minimum absolute atomic E-state index is 0.0550. The van der Waals surface area contributed by atoms with Gasteiger partial charge in [0.2, 0.25) is 0 Å². The second kappa shape index (κ2) is 4.52. The van der Waals surface area contributed by atoms with E-state index in [1.54, 1.807) is 12.1 Å². The Bertz CT molecular complexity index is 627. The van der Waals surface area contributed by atoms with Crippen molar-refractivity contribution in [3.63, 3.8) is 0 Å². The van der Waals surface area contributed by atoms with Gasteiger partial charge >= 0.3 is 11.9 Å². The molecule has 0 amide bonds. The van der Waals surface area contributed by atoms with Crippen molar-refractivity contribution in [3.05, 3.63) is 35.0 Å². The number of nitrogens with one attached hydrogen (secondary N) is 1. The van der Waals surface area contributed by atoms with E-state index >= 15 is 0 Å². The van der Waals surface area contributed by atoms with E-state index in [0.717, 1.165) is 22.2 Å². The number of aliphatic carboxylic acids is 1. The van der Waals surface area contributed by atoms with E-state index in [1.807, 2.05) is 6.92 Å². The first-order valence-electron chi connectivity index (χ1n) is 5.55. The zero-order chi connectivity index (χ0) is 13.3. The Morgan fingerprint density at radius 3 is 2.61 bits per heavy atom. The van der Waals surface area contributed by atoms with Crippen LogP contribution in [0.4, 0.5) is 0 Å². The molecule has 0 radical (unpaired) electrons. The van der Waals surface area contributed by atoms with Gasteiger partial charge in [-0.1, -0.05) is 0 Å². The molecule has 94 valence electrons. The third-order valence-electron chi connectivity index (χ3n) is 3.00. The number of benzene rings is 1. The minimum atomic E-state index is -0.968. The summed E-state index contributed by atoms with van der Waals surface area (Å²) < 4.78 is 0. The van der Waals surface area contributed by atoms with Crippen LogP contribution in [0.1, 0.15) is 28.0 Å². The predicted octanol–water partition coefficient (Wildman–Crippen LogP) is 2.19. The molecule has 1 aromatic heterocycles. The Morgan fingerprint density at radius 1 is 1.28 bits per heavy atom. The van der Waals surface area contributed by atoms with Gasteiger partial charge in [-0.25, -0.2) is 4.79 Å². The summed E-state index contributed by atoms with van der Waals surface area (Å²) in [5.41, 5.74) is 2.82. The molecule has 5 nitrogen and oxygen atoms in total. The molecule has 3 N–H and O–H groups in total. The molecule has 0 aliphatic rings. The van der Waals surface area contributed by atoms with E-state index in [4.69, 9.17) is 10.2 Å². The molecular weight excluding hydrogens is 234 g/mol. The molecule has 1 aromatic carbocycles. The zero-order valence-electron chi connectivity index (χ0n) is 9.86. The number of carboxylic acid groups (broad SMARTS) is 2. The van der Waals surface area contributed by atoms with Crippen LogP contribution >= 0.6 is 0 Å². The van der Waals surface area contributed by atoms with Crippen LogP contribution in [0.2, 0.25) is 0 Å². The summed E-state index contributed by atoms with van der Waals surface area (Å²) in [6.07, 6.45) is 0.470. The highest BCUT2D eigenvalue weighted by atomic mass is 16.4. The molecule has 5 heteroatoms. The zero-order valence-corrected chi connectivity index (χ0v) is 9.86. The maximum absolute atomic E-state index is 10.9. The maximum Gasteiger partial charge on any atom is 0.335 e. The number of carbonyl (C=O) groups is 2. The smallest absolute Gasteiger partial charge is 0.335 e. The number of aromatic carboxylic acids is 1. The molecule has 2 aromatic rings. The van der Waals surface area contributed by atoms with Crippen LogP contribution in [-0.2, 0) is 11.2 Å². The van der Waals surface area contributed by atoms with E-state index in [2.05, 4.69) is 4.98 Å². The summed E-state index contributed by atoms with van der Waals surface area (Å²) >= 11 is 0. The molecule has 2 rings (SSSR count). The quantitative estimate of drug-likeness (QED) is 0.772. The molecule has 18 heavy (non-hydrogen) atoms. The lowest BCUT2D eigenvalue weighted by Gasteiger charge is -1.97. The van der Waals surface area contributed by atoms with Crippen molar-refractivity contribution in [2.45, 2.75) is 19.8 Å². The average molecular weight is 247 g/mol. The molecule has 0 saturated carbocycles. The fourth-order valence-electron chi connectivity index (χ4n) is 2.00. The standard InChI is InChI=1S/C13H13NO4/c1-7-9-6-8(13(17)18)2-3-11(9)14-10(7)4-5-12(15)16/h2-3,6,14H,4-5H2,1H3,(H,15,16)(H,17,18). The number of H-pyrrole nitrogens is 1. The molecule has 0 atom stereocenters. The van der Waals surface area contributed by atoms with Gasteiger partial charge in [0.05, 0.1) is 12.0 Å². The molecule has 0 aliphatic carbocycles. The van der Waals surface area contributed by atoms with E-state index in [1.165, 1.54) is 6.07 Å². The fraction of sp³-hybridized carbons (Fsp3) is 0.231. The third-order valence-corrected chi connectivity index (χ3v) is 3.00. The van der Waals surface area contributed by atoms with E-state index in [9.17, 15) is 9.59 Å². The van der Waals surface area contributed by atoms with Crippen molar-refractivity contribution in [1.29, 1.82) is 0 Å². The Balaban J connectivity index is 2.43. The Kier molecular flexibility index (Phi) is 3.06. The number of hydrogen-bond acceptors (Lipinski definition) is 2. The first-order valence-corrected chi connectivity index (χ1v) is 5.55. The summed E-state index contributed by atoms with van der Waals surface area (Å²) in [5, 5.41) is 18.4. The van der Waals surface area contributed by atoms with Crippen LogP contribution in [0.3, 0.4) is 0 Å². The summed E-state index contributed by atoms with van der Waals surface area (Å²) in [5.74, 6) is -1.82. The summed E-state index contributed by atoms with van der Waals surface area (Å²) in [6, 6.07) is 4.84. The first kappa shape index (κ1) is 12.2. The Morgan fingerprint density at radius 2 is 2.00 bits per heavy atom. The highest BCUT2D eigenvalue weighted by Crippen LogP contribution is 2.23. The summed E-state index contributed by atoms with van der Waals surface area (Å²) in [7, 11) is 0. The van der Waals surface area contributed by atoms with Gasteiger partial charge in [-0.05, 0) is 37.1 Å². The van der Waals surface area contributed by atoms with Gasteiger partial charge in [0.15, 0.2) is 0 Å². The average Bonchev–Trinajstić information content (AvgIpc) is 2.63. The summed E-state index contributed by atoms with van der Waals surface area (Å²) in [6.45, 7) is 1.86. The molecule has 0 bridgehead atoms. The SMILES string of the molecule is Cc1c(CCC(=O)O)[nH]c2ccc(C(=O)O)cc12. The van der Waals surface area contributed by atoms with Gasteiger partial charge in [-0.15, -0.1) is 0 Å². The van der Waals surface area contributed by atoms with Crippen LogP contribution in [0.15, 0.2) is 18.2 Å². The monoisotopic (exact) mass is 247 g/mol. The van der Waals surface area contributed by atoms with Gasteiger partial charge < -0.3 is 15.2 Å². The number of fused-ring (bicyclic) bond motifs is 1. The number of rotatable bonds is 4. The molecule has 1 heterocycles. The number of aryl methyl sites for hydroxylation is 2. The fourth-order valence-corrected chi connectivity index (χ4v) is 2.00. The Hall–Kier alpha value is -2.30. The lowest BCUT2D eigenvalue weighted by Crippen LogP contribution is -1.98. The topological polar surface area (TPSA) is 90.4 Å². The normalized spacial score (nSPS) is 10.7. The number of carboxylic acids is 2. The second-order valence-corrected chi connectivity index (χ2v) is 4.19. The van der Waals surface area contributed by atoms with Crippen LogP contribution in [0, 0.1) is 6.92 Å². The van der Waals surface area contributed by atoms with Crippen LogP contribution in [0.25, 0.3) is 10.9 Å². The van der Waals surface area contributed by atoms with Crippen molar-refractivity contribution in [2.75, 3.05) is 0 Å². The van der Waals surface area contributed by atoms with Crippen molar-refractivity contribution in [1.82, 2.24) is 4.98 Å². The Labute approximate surface area is 103 Å². The number of aromatic nitrogens is 1. The van der Waals surface area contributed by atoms with Crippen molar-refractivity contribution in [2.24, 2.45) is 0 Å². The highest BCUT2D eigenvalue weighted by molar-refractivity contribution is 5.95. The molecule has 0 aliphatic heterocycles. The molecule has 0 fully saturated rings. The third kappa shape index (κ3) is 2.20. The van der Waals surface area contributed by atoms with Crippen LogP contribution < -0.4 is 0 Å². The lowest BCUT2D eigenvalue weighted by molar-refractivity contribution is -0.136. The van der Waals surface area contributed by atoms with Crippen LogP contribution in [-0.4, -0.2) is 27.1 Å². The molecule has 0 spiro atoms. The van der Waals surface area contributed by atoms with E-state index in [-0.39, 0.29) is 12.0 Å².